The van der Waals surface area contributed by atoms with Gasteiger partial charge in [0.05, 0.1) is 18.8 Å². The van der Waals surface area contributed by atoms with Crippen LogP contribution < -0.4 is 25.6 Å². The number of carbonyl (C=O) groups excluding carboxylic acids is 3. The molecule has 10 heteroatoms. The summed E-state index contributed by atoms with van der Waals surface area (Å²) in [5, 5.41) is 2.37. The molecule has 0 radical (unpaired) electrons. The van der Waals surface area contributed by atoms with Crippen molar-refractivity contribution in [2.45, 2.75) is 20.3 Å². The molecule has 0 saturated heterocycles. The Morgan fingerprint density at radius 2 is 1.44 bits per heavy atom. The number of esters is 1. The molecule has 0 aliphatic rings. The molecule has 0 saturated carbocycles. The summed E-state index contributed by atoms with van der Waals surface area (Å²) in [6.07, 6.45) is 0.741. The lowest BCUT2D eigenvalue weighted by Gasteiger charge is -2.12. The molecule has 0 heterocycles. The van der Waals surface area contributed by atoms with Gasteiger partial charge in [-0.1, -0.05) is 6.92 Å². The standard InChI is InChI=1S/C22H25N3O6S/c1-3-13-30-21(28)16-7-11-18(12-8-16)31-14-19(26)24-25-22(32)23-20(27)15-5-9-17(10-6-15)29-4-2/h5-12H,3-4,13-14H2,1-2H3,(H,24,26)(H2,23,25,27,32). The Labute approximate surface area is 191 Å². The number of hydrazine groups is 1. The predicted octanol–water partition coefficient (Wildman–Crippen LogP) is 2.37. The van der Waals surface area contributed by atoms with Crippen LogP contribution in [0.5, 0.6) is 11.5 Å². The number of rotatable bonds is 9. The monoisotopic (exact) mass is 459 g/mol. The molecule has 0 spiro atoms. The molecule has 2 aromatic rings. The van der Waals surface area contributed by atoms with E-state index in [0.29, 0.717) is 35.8 Å². The predicted molar refractivity (Wildman–Crippen MR) is 121 cm³/mol. The largest absolute Gasteiger partial charge is 0.494 e. The zero-order valence-electron chi connectivity index (χ0n) is 17.8. The van der Waals surface area contributed by atoms with Gasteiger partial charge in [-0.25, -0.2) is 4.79 Å². The van der Waals surface area contributed by atoms with Gasteiger partial charge in [-0.05, 0) is 74.1 Å². The van der Waals surface area contributed by atoms with Crippen LogP contribution in [0.1, 0.15) is 41.0 Å². The second-order valence-electron chi connectivity index (χ2n) is 6.36. The highest BCUT2D eigenvalue weighted by atomic mass is 32.1. The molecule has 2 aromatic carbocycles. The fourth-order valence-corrected chi connectivity index (χ4v) is 2.50. The van der Waals surface area contributed by atoms with Crippen molar-refractivity contribution in [2.75, 3.05) is 19.8 Å². The van der Waals surface area contributed by atoms with Crippen molar-refractivity contribution in [1.29, 1.82) is 0 Å². The molecule has 0 aromatic heterocycles. The van der Waals surface area contributed by atoms with Gasteiger partial charge < -0.3 is 14.2 Å². The van der Waals surface area contributed by atoms with E-state index in [1.54, 1.807) is 48.5 Å². The van der Waals surface area contributed by atoms with Gasteiger partial charge in [0.15, 0.2) is 11.7 Å². The topological polar surface area (TPSA) is 115 Å². The highest BCUT2D eigenvalue weighted by molar-refractivity contribution is 7.80. The van der Waals surface area contributed by atoms with Crippen molar-refractivity contribution < 1.29 is 28.6 Å². The summed E-state index contributed by atoms with van der Waals surface area (Å²) < 4.78 is 15.7. The number of amides is 2. The van der Waals surface area contributed by atoms with E-state index >= 15 is 0 Å². The zero-order valence-corrected chi connectivity index (χ0v) is 18.6. The van der Waals surface area contributed by atoms with Gasteiger partial charge >= 0.3 is 5.97 Å². The van der Waals surface area contributed by atoms with E-state index in [1.807, 2.05) is 13.8 Å². The average Bonchev–Trinajstić information content (AvgIpc) is 2.80. The van der Waals surface area contributed by atoms with Crippen LogP contribution in [0, 0.1) is 0 Å². The van der Waals surface area contributed by atoms with Crippen LogP contribution in [0.25, 0.3) is 0 Å². The molecule has 9 nitrogen and oxygen atoms in total. The Balaban J connectivity index is 1.71. The SMILES string of the molecule is CCCOC(=O)c1ccc(OCC(=O)NNC(=S)NC(=O)c2ccc(OCC)cc2)cc1. The number of thiocarbonyl (C=S) groups is 1. The summed E-state index contributed by atoms with van der Waals surface area (Å²) in [6, 6.07) is 12.8. The number of benzene rings is 2. The first-order valence-electron chi connectivity index (χ1n) is 9.96. The maximum atomic E-state index is 12.2. The summed E-state index contributed by atoms with van der Waals surface area (Å²) in [6.45, 7) is 4.36. The number of nitrogens with one attached hydrogen (secondary N) is 3. The average molecular weight is 460 g/mol. The number of hydrogen-bond donors (Lipinski definition) is 3. The minimum absolute atomic E-state index is 0.0767. The minimum atomic E-state index is -0.519. The molecule has 3 N–H and O–H groups in total. The van der Waals surface area contributed by atoms with Gasteiger partial charge in [0.1, 0.15) is 11.5 Å². The van der Waals surface area contributed by atoms with Crippen LogP contribution >= 0.6 is 12.2 Å². The first-order chi connectivity index (χ1) is 15.4. The van der Waals surface area contributed by atoms with Crippen LogP contribution in [-0.2, 0) is 9.53 Å². The molecule has 0 aliphatic heterocycles. The van der Waals surface area contributed by atoms with Crippen LogP contribution in [0.3, 0.4) is 0 Å². The molecule has 170 valence electrons. The van der Waals surface area contributed by atoms with Crippen LogP contribution in [0.15, 0.2) is 48.5 Å². The van der Waals surface area contributed by atoms with E-state index in [4.69, 9.17) is 26.4 Å². The Morgan fingerprint density at radius 3 is 2.03 bits per heavy atom. The normalized spacial score (nSPS) is 9.94. The fourth-order valence-electron chi connectivity index (χ4n) is 2.35. The first kappa shape index (κ1) is 24.6. The summed E-state index contributed by atoms with van der Waals surface area (Å²) >= 11 is 5.00. The van der Waals surface area contributed by atoms with Crippen LogP contribution in [-0.4, -0.2) is 42.7 Å². The molecule has 2 amide bonds. The summed E-state index contributed by atoms with van der Waals surface area (Å²) in [5.74, 6) is -0.314. The van der Waals surface area contributed by atoms with Crippen molar-refractivity contribution in [3.8, 4) is 11.5 Å². The fraction of sp³-hybridized carbons (Fsp3) is 0.273. The van der Waals surface area contributed by atoms with Gasteiger partial charge in [0, 0.05) is 5.56 Å². The number of ether oxygens (including phenoxy) is 3. The smallest absolute Gasteiger partial charge is 0.338 e. The Morgan fingerprint density at radius 1 is 0.844 bits per heavy atom. The molecular weight excluding hydrogens is 434 g/mol. The molecule has 0 atom stereocenters. The van der Waals surface area contributed by atoms with Crippen molar-refractivity contribution in [3.63, 3.8) is 0 Å². The third kappa shape index (κ3) is 8.23. The third-order valence-corrected chi connectivity index (χ3v) is 4.07. The van der Waals surface area contributed by atoms with Crippen LogP contribution in [0.2, 0.25) is 0 Å². The molecule has 0 bridgehead atoms. The number of hydrogen-bond acceptors (Lipinski definition) is 7. The van der Waals surface area contributed by atoms with Crippen molar-refractivity contribution in [1.82, 2.24) is 16.2 Å². The molecule has 2 rings (SSSR count). The van der Waals surface area contributed by atoms with E-state index < -0.39 is 17.8 Å². The van der Waals surface area contributed by atoms with Gasteiger partial charge in [0.2, 0.25) is 0 Å². The summed E-state index contributed by atoms with van der Waals surface area (Å²) in [4.78, 5) is 35.8. The van der Waals surface area contributed by atoms with E-state index in [0.717, 1.165) is 6.42 Å². The lowest BCUT2D eigenvalue weighted by Crippen LogP contribution is -2.49. The number of carbonyl (C=O) groups is 3. The van der Waals surface area contributed by atoms with Gasteiger partial charge in [-0.15, -0.1) is 0 Å². The molecule has 0 aliphatic carbocycles. The van der Waals surface area contributed by atoms with E-state index in [1.165, 1.54) is 0 Å². The lowest BCUT2D eigenvalue weighted by molar-refractivity contribution is -0.123. The van der Waals surface area contributed by atoms with Gasteiger partial charge in [-0.3, -0.25) is 25.8 Å². The van der Waals surface area contributed by atoms with Gasteiger partial charge in [-0.2, -0.15) is 0 Å². The Kier molecular flexibility index (Phi) is 9.92. The second kappa shape index (κ2) is 12.9. The maximum absolute atomic E-state index is 12.2. The molecule has 32 heavy (non-hydrogen) atoms. The summed E-state index contributed by atoms with van der Waals surface area (Å²) in [7, 11) is 0. The quantitative estimate of drug-likeness (QED) is 0.297. The highest BCUT2D eigenvalue weighted by Crippen LogP contribution is 2.13. The lowest BCUT2D eigenvalue weighted by atomic mass is 10.2. The third-order valence-electron chi connectivity index (χ3n) is 3.87. The zero-order chi connectivity index (χ0) is 23.3. The maximum Gasteiger partial charge on any atom is 0.338 e. The van der Waals surface area contributed by atoms with E-state index in [9.17, 15) is 14.4 Å². The van der Waals surface area contributed by atoms with E-state index in [-0.39, 0.29) is 11.7 Å². The first-order valence-corrected chi connectivity index (χ1v) is 10.4. The molecule has 0 fully saturated rings. The molecular formula is C22H25N3O6S. The minimum Gasteiger partial charge on any atom is -0.494 e. The second-order valence-corrected chi connectivity index (χ2v) is 6.77. The Bertz CT molecular complexity index is 932. The van der Waals surface area contributed by atoms with Crippen LogP contribution in [0.4, 0.5) is 0 Å². The van der Waals surface area contributed by atoms with Crippen molar-refractivity contribution >= 4 is 35.1 Å². The highest BCUT2D eigenvalue weighted by Gasteiger charge is 2.10. The van der Waals surface area contributed by atoms with Crippen molar-refractivity contribution in [2.24, 2.45) is 0 Å². The summed E-state index contributed by atoms with van der Waals surface area (Å²) in [5.41, 5.74) is 5.53. The van der Waals surface area contributed by atoms with E-state index in [2.05, 4.69) is 16.2 Å². The molecule has 0 unspecified atom stereocenters. The van der Waals surface area contributed by atoms with Crippen molar-refractivity contribution in [3.05, 3.63) is 59.7 Å². The Hall–Kier alpha value is -3.66. The van der Waals surface area contributed by atoms with Gasteiger partial charge in [0.25, 0.3) is 11.8 Å².